The van der Waals surface area contributed by atoms with Crippen molar-refractivity contribution in [3.05, 3.63) is 24.3 Å². The second kappa shape index (κ2) is 7.26. The number of hydrogen-bond acceptors (Lipinski definition) is 1. The van der Waals surface area contributed by atoms with E-state index in [-0.39, 0.29) is 5.78 Å². The Morgan fingerprint density at radius 1 is 1.18 bits per heavy atom. The van der Waals surface area contributed by atoms with E-state index >= 15 is 0 Å². The van der Waals surface area contributed by atoms with Crippen LogP contribution >= 0.6 is 0 Å². The molecule has 0 amide bonds. The smallest absolute Gasteiger partial charge is 0.140 e. The first-order valence-electron chi connectivity index (χ1n) is 4.09. The Balaban J connectivity index is 3.45. The maximum atomic E-state index is 11.0. The predicted octanol–water partition coefficient (Wildman–Crippen LogP) is 2.88. The Labute approximate surface area is 68.8 Å². The Kier molecular flexibility index (Phi) is 6.70. The van der Waals surface area contributed by atoms with Crippen LogP contribution in [0.1, 0.15) is 33.1 Å². The van der Waals surface area contributed by atoms with Crippen LogP contribution in [0.2, 0.25) is 0 Å². The number of hydrogen-bond donors (Lipinski definition) is 0. The predicted molar refractivity (Wildman–Crippen MR) is 48.5 cm³/mol. The Morgan fingerprint density at radius 3 is 2.36 bits per heavy atom. The topological polar surface area (TPSA) is 17.1 Å². The monoisotopic (exact) mass is 152 g/mol. The standard InChI is InChI=1S/C10H16O/c1-3-5-7-9-10(11)8-6-4-2/h4-7H,3,8-9H2,1-2H3/b6-4+,7-5+. The first-order valence-corrected chi connectivity index (χ1v) is 4.09. The van der Waals surface area contributed by atoms with Crippen LogP contribution in [0.5, 0.6) is 0 Å². The third kappa shape index (κ3) is 7.04. The molecule has 0 aromatic heterocycles. The fourth-order valence-corrected chi connectivity index (χ4v) is 0.714. The van der Waals surface area contributed by atoms with E-state index in [4.69, 9.17) is 0 Å². The summed E-state index contributed by atoms with van der Waals surface area (Å²) < 4.78 is 0. The average molecular weight is 152 g/mol. The van der Waals surface area contributed by atoms with Gasteiger partial charge in [0.25, 0.3) is 0 Å². The summed E-state index contributed by atoms with van der Waals surface area (Å²) >= 11 is 0. The maximum absolute atomic E-state index is 11.0. The van der Waals surface area contributed by atoms with E-state index in [1.807, 2.05) is 31.2 Å². The minimum atomic E-state index is 0.285. The van der Waals surface area contributed by atoms with E-state index in [0.29, 0.717) is 12.8 Å². The average Bonchev–Trinajstić information content (AvgIpc) is 2.01. The summed E-state index contributed by atoms with van der Waals surface area (Å²) in [6.45, 7) is 3.99. The van der Waals surface area contributed by atoms with Gasteiger partial charge in [0, 0.05) is 12.8 Å². The molecular formula is C10H16O. The molecule has 0 aromatic rings. The molecule has 0 saturated carbocycles. The molecule has 62 valence electrons. The van der Waals surface area contributed by atoms with Gasteiger partial charge in [0.2, 0.25) is 0 Å². The first kappa shape index (κ1) is 10.2. The lowest BCUT2D eigenvalue weighted by Gasteiger charge is -1.88. The number of Topliss-reactive ketones (excluding diaryl/α,β-unsaturated/α-hetero) is 1. The molecule has 0 aromatic carbocycles. The zero-order valence-corrected chi connectivity index (χ0v) is 7.34. The van der Waals surface area contributed by atoms with Gasteiger partial charge in [-0.25, -0.2) is 0 Å². The quantitative estimate of drug-likeness (QED) is 0.553. The van der Waals surface area contributed by atoms with E-state index in [2.05, 4.69) is 6.92 Å². The fourth-order valence-electron chi connectivity index (χ4n) is 0.714. The lowest BCUT2D eigenvalue weighted by molar-refractivity contribution is -0.117. The molecule has 0 aliphatic rings. The summed E-state index contributed by atoms with van der Waals surface area (Å²) in [6, 6.07) is 0. The largest absolute Gasteiger partial charge is 0.299 e. The van der Waals surface area contributed by atoms with Crippen LogP contribution in [-0.4, -0.2) is 5.78 Å². The molecule has 0 heterocycles. The van der Waals surface area contributed by atoms with Crippen LogP contribution in [0.4, 0.5) is 0 Å². The van der Waals surface area contributed by atoms with Crippen LogP contribution in [0, 0.1) is 0 Å². The van der Waals surface area contributed by atoms with Crippen LogP contribution in [0.15, 0.2) is 24.3 Å². The van der Waals surface area contributed by atoms with Crippen molar-refractivity contribution >= 4 is 5.78 Å². The van der Waals surface area contributed by atoms with Gasteiger partial charge in [0.1, 0.15) is 5.78 Å². The lowest BCUT2D eigenvalue weighted by Crippen LogP contribution is -1.91. The van der Waals surface area contributed by atoms with E-state index < -0.39 is 0 Å². The van der Waals surface area contributed by atoms with Crippen molar-refractivity contribution in [3.63, 3.8) is 0 Å². The highest BCUT2D eigenvalue weighted by molar-refractivity contribution is 5.81. The number of carbonyl (C=O) groups is 1. The van der Waals surface area contributed by atoms with Crippen molar-refractivity contribution in [2.75, 3.05) is 0 Å². The fraction of sp³-hybridized carbons (Fsp3) is 0.500. The molecule has 0 rings (SSSR count). The van der Waals surface area contributed by atoms with Crippen LogP contribution in [0.25, 0.3) is 0 Å². The van der Waals surface area contributed by atoms with Gasteiger partial charge in [-0.3, -0.25) is 4.79 Å². The van der Waals surface area contributed by atoms with Crippen molar-refractivity contribution < 1.29 is 4.79 Å². The highest BCUT2D eigenvalue weighted by Crippen LogP contribution is 1.93. The third-order valence-corrected chi connectivity index (χ3v) is 1.33. The summed E-state index contributed by atoms with van der Waals surface area (Å²) in [5.41, 5.74) is 0. The highest BCUT2D eigenvalue weighted by Gasteiger charge is 1.92. The molecule has 0 aliphatic heterocycles. The van der Waals surface area contributed by atoms with Gasteiger partial charge in [0.15, 0.2) is 0 Å². The van der Waals surface area contributed by atoms with Crippen LogP contribution < -0.4 is 0 Å². The van der Waals surface area contributed by atoms with Crippen LogP contribution in [-0.2, 0) is 4.79 Å². The number of carbonyl (C=O) groups excluding carboxylic acids is 1. The SMILES string of the molecule is C/C=C/CC(=O)C/C=C/CC. The summed E-state index contributed by atoms with van der Waals surface area (Å²) in [5.74, 6) is 0.285. The molecular weight excluding hydrogens is 136 g/mol. The second-order valence-electron chi connectivity index (χ2n) is 2.40. The van der Waals surface area contributed by atoms with Crippen molar-refractivity contribution in [2.45, 2.75) is 33.1 Å². The molecule has 0 atom stereocenters. The van der Waals surface area contributed by atoms with Crippen molar-refractivity contribution in [3.8, 4) is 0 Å². The van der Waals surface area contributed by atoms with Gasteiger partial charge in [-0.1, -0.05) is 31.2 Å². The van der Waals surface area contributed by atoms with Crippen LogP contribution in [0.3, 0.4) is 0 Å². The molecule has 0 N–H and O–H groups in total. The van der Waals surface area contributed by atoms with E-state index in [0.717, 1.165) is 6.42 Å². The summed E-state index contributed by atoms with van der Waals surface area (Å²) in [6.07, 6.45) is 9.92. The Morgan fingerprint density at radius 2 is 1.82 bits per heavy atom. The second-order valence-corrected chi connectivity index (χ2v) is 2.40. The van der Waals surface area contributed by atoms with E-state index in [1.54, 1.807) is 0 Å². The normalized spacial score (nSPS) is 11.5. The summed E-state index contributed by atoms with van der Waals surface area (Å²) in [7, 11) is 0. The van der Waals surface area contributed by atoms with Gasteiger partial charge in [0.05, 0.1) is 0 Å². The number of rotatable bonds is 5. The van der Waals surface area contributed by atoms with Gasteiger partial charge in [-0.15, -0.1) is 0 Å². The highest BCUT2D eigenvalue weighted by atomic mass is 16.1. The third-order valence-electron chi connectivity index (χ3n) is 1.33. The van der Waals surface area contributed by atoms with Crippen molar-refractivity contribution in [1.29, 1.82) is 0 Å². The lowest BCUT2D eigenvalue weighted by atomic mass is 10.2. The Hall–Kier alpha value is -0.850. The molecule has 1 nitrogen and oxygen atoms in total. The molecule has 0 bridgehead atoms. The minimum absolute atomic E-state index is 0.285. The Bertz CT molecular complexity index is 154. The molecule has 0 fully saturated rings. The van der Waals surface area contributed by atoms with Gasteiger partial charge >= 0.3 is 0 Å². The van der Waals surface area contributed by atoms with Gasteiger partial charge in [-0.05, 0) is 13.3 Å². The zero-order valence-electron chi connectivity index (χ0n) is 7.34. The molecule has 0 aliphatic carbocycles. The first-order chi connectivity index (χ1) is 5.31. The molecule has 1 heteroatoms. The molecule has 11 heavy (non-hydrogen) atoms. The molecule has 0 spiro atoms. The van der Waals surface area contributed by atoms with Crippen molar-refractivity contribution in [2.24, 2.45) is 0 Å². The van der Waals surface area contributed by atoms with Crippen molar-refractivity contribution in [1.82, 2.24) is 0 Å². The summed E-state index contributed by atoms with van der Waals surface area (Å²) in [4.78, 5) is 11.0. The summed E-state index contributed by atoms with van der Waals surface area (Å²) in [5, 5.41) is 0. The van der Waals surface area contributed by atoms with E-state index in [9.17, 15) is 4.79 Å². The maximum Gasteiger partial charge on any atom is 0.140 e. The number of ketones is 1. The van der Waals surface area contributed by atoms with Gasteiger partial charge < -0.3 is 0 Å². The number of allylic oxidation sites excluding steroid dienone is 4. The van der Waals surface area contributed by atoms with Gasteiger partial charge in [-0.2, -0.15) is 0 Å². The molecule has 0 saturated heterocycles. The zero-order chi connectivity index (χ0) is 8.53. The van der Waals surface area contributed by atoms with E-state index in [1.165, 1.54) is 0 Å². The molecule has 0 radical (unpaired) electrons. The minimum Gasteiger partial charge on any atom is -0.299 e. The molecule has 0 unspecified atom stereocenters.